The number of nitrogens with zero attached hydrogens (tertiary/aromatic N) is 7. The molecule has 0 aliphatic carbocycles. The molecular formula is C21H24N8. The Kier molecular flexibility index (Phi) is 4.69. The lowest BCUT2D eigenvalue weighted by atomic mass is 10.2. The number of pyridine rings is 1. The van der Waals surface area contributed by atoms with Crippen LogP contribution in [0.3, 0.4) is 0 Å². The van der Waals surface area contributed by atoms with Crippen LogP contribution in [0.1, 0.15) is 5.69 Å². The van der Waals surface area contributed by atoms with Gasteiger partial charge in [0.25, 0.3) is 0 Å². The highest BCUT2D eigenvalue weighted by molar-refractivity contribution is 5.96. The maximum atomic E-state index is 4.42. The number of aromatic nitrogens is 5. The first-order chi connectivity index (χ1) is 14.3. The molecule has 0 unspecified atom stereocenters. The van der Waals surface area contributed by atoms with Crippen molar-refractivity contribution in [2.45, 2.75) is 6.92 Å². The molecule has 29 heavy (non-hydrogen) atoms. The third kappa shape index (κ3) is 3.47. The second-order valence-corrected chi connectivity index (χ2v) is 7.34. The van der Waals surface area contributed by atoms with Crippen molar-refractivity contribution < 1.29 is 0 Å². The Labute approximate surface area is 169 Å². The van der Waals surface area contributed by atoms with Crippen LogP contribution in [0.25, 0.3) is 16.4 Å². The van der Waals surface area contributed by atoms with Crippen molar-refractivity contribution in [3.05, 3.63) is 54.6 Å². The smallest absolute Gasteiger partial charge is 0.225 e. The van der Waals surface area contributed by atoms with Gasteiger partial charge in [-0.2, -0.15) is 5.10 Å². The van der Waals surface area contributed by atoms with Crippen LogP contribution in [-0.2, 0) is 0 Å². The molecule has 5 rings (SSSR count). The van der Waals surface area contributed by atoms with Crippen LogP contribution in [0.4, 0.5) is 11.8 Å². The molecule has 8 heteroatoms. The summed E-state index contributed by atoms with van der Waals surface area (Å²) in [5, 5.41) is 13.4. The molecule has 0 atom stereocenters. The molecule has 1 aliphatic heterocycles. The number of fused-ring (bicyclic) bond motifs is 3. The van der Waals surface area contributed by atoms with Gasteiger partial charge in [0.15, 0.2) is 5.82 Å². The molecule has 4 aromatic heterocycles. The van der Waals surface area contributed by atoms with Gasteiger partial charge in [0, 0.05) is 68.8 Å². The summed E-state index contributed by atoms with van der Waals surface area (Å²) in [5.74, 6) is 1.67. The Morgan fingerprint density at radius 2 is 1.83 bits per heavy atom. The summed E-state index contributed by atoms with van der Waals surface area (Å²) in [5.41, 5.74) is 3.22. The van der Waals surface area contributed by atoms with E-state index >= 15 is 0 Å². The lowest BCUT2D eigenvalue weighted by molar-refractivity contribution is 0.266. The molecule has 0 aromatic carbocycles. The Morgan fingerprint density at radius 3 is 2.66 bits per heavy atom. The van der Waals surface area contributed by atoms with E-state index in [0.29, 0.717) is 0 Å². The first kappa shape index (κ1) is 17.8. The molecule has 1 aliphatic rings. The van der Waals surface area contributed by atoms with Gasteiger partial charge in [-0.25, -0.2) is 9.97 Å². The lowest BCUT2D eigenvalue weighted by Crippen LogP contribution is -2.48. The number of anilines is 2. The summed E-state index contributed by atoms with van der Waals surface area (Å²) in [6.45, 7) is 7.71. The van der Waals surface area contributed by atoms with Crippen LogP contribution < -0.4 is 10.2 Å². The third-order valence-electron chi connectivity index (χ3n) is 5.51. The van der Waals surface area contributed by atoms with E-state index in [2.05, 4.69) is 64.1 Å². The molecule has 0 saturated carbocycles. The van der Waals surface area contributed by atoms with E-state index in [-0.39, 0.29) is 0 Å². The molecular weight excluding hydrogens is 364 g/mol. The van der Waals surface area contributed by atoms with Gasteiger partial charge < -0.3 is 14.6 Å². The number of hydrogen-bond acceptors (Lipinski definition) is 7. The highest BCUT2D eigenvalue weighted by atomic mass is 15.3. The second-order valence-electron chi connectivity index (χ2n) is 7.34. The second kappa shape index (κ2) is 7.63. The molecule has 5 heterocycles. The zero-order valence-corrected chi connectivity index (χ0v) is 16.5. The van der Waals surface area contributed by atoms with Crippen LogP contribution in [0.2, 0.25) is 0 Å². The summed E-state index contributed by atoms with van der Waals surface area (Å²) in [7, 11) is 0. The number of aryl methyl sites for hydroxylation is 1. The Balaban J connectivity index is 1.23. The van der Waals surface area contributed by atoms with E-state index in [9.17, 15) is 0 Å². The summed E-state index contributed by atoms with van der Waals surface area (Å²) in [4.78, 5) is 13.4. The topological polar surface area (TPSA) is 74.5 Å². The molecule has 1 N–H and O–H groups in total. The van der Waals surface area contributed by atoms with Crippen LogP contribution in [0.5, 0.6) is 0 Å². The van der Waals surface area contributed by atoms with E-state index < -0.39 is 0 Å². The molecule has 0 bridgehead atoms. The summed E-state index contributed by atoms with van der Waals surface area (Å²) in [6.07, 6.45) is 5.67. The molecule has 0 spiro atoms. The number of nitrogens with one attached hydrogen (secondary N) is 1. The van der Waals surface area contributed by atoms with Crippen molar-refractivity contribution in [2.24, 2.45) is 0 Å². The van der Waals surface area contributed by atoms with E-state index in [4.69, 9.17) is 0 Å². The van der Waals surface area contributed by atoms with Gasteiger partial charge in [-0.05, 0) is 31.2 Å². The van der Waals surface area contributed by atoms with E-state index in [1.54, 1.807) is 12.4 Å². The van der Waals surface area contributed by atoms with E-state index in [1.165, 1.54) is 0 Å². The monoisotopic (exact) mass is 388 g/mol. The molecule has 0 radical (unpaired) electrons. The fraction of sp³-hybridized carbons (Fsp3) is 0.333. The van der Waals surface area contributed by atoms with E-state index in [0.717, 1.165) is 73.1 Å². The fourth-order valence-corrected chi connectivity index (χ4v) is 3.99. The van der Waals surface area contributed by atoms with Gasteiger partial charge in [0.05, 0.1) is 11.2 Å². The average Bonchev–Trinajstić information content (AvgIpc) is 3.17. The van der Waals surface area contributed by atoms with Crippen molar-refractivity contribution in [2.75, 3.05) is 49.5 Å². The summed E-state index contributed by atoms with van der Waals surface area (Å²) in [6, 6.07) is 10.2. The maximum absolute atomic E-state index is 4.42. The largest absolute Gasteiger partial charge is 0.367 e. The standard InChI is InChI=1S/C21H24N8/c1-16-19-18(15-17-5-2-3-9-29(17)19)20(26-25-16)22-8-10-27-11-13-28(14-12-27)21-23-6-4-7-24-21/h2-7,9,15H,8,10-14H2,1H3,(H,22,26). The minimum absolute atomic E-state index is 0.823. The van der Waals surface area contributed by atoms with Crippen molar-refractivity contribution in [3.63, 3.8) is 0 Å². The summed E-state index contributed by atoms with van der Waals surface area (Å²) >= 11 is 0. The highest BCUT2D eigenvalue weighted by Gasteiger charge is 2.18. The van der Waals surface area contributed by atoms with Crippen molar-refractivity contribution in [1.82, 2.24) is 29.5 Å². The predicted molar refractivity (Wildman–Crippen MR) is 114 cm³/mol. The normalized spacial score (nSPS) is 15.3. The third-order valence-corrected chi connectivity index (χ3v) is 5.51. The molecule has 4 aromatic rings. The van der Waals surface area contributed by atoms with Crippen LogP contribution in [0.15, 0.2) is 48.9 Å². The first-order valence-electron chi connectivity index (χ1n) is 10.0. The zero-order chi connectivity index (χ0) is 19.6. The maximum Gasteiger partial charge on any atom is 0.225 e. The molecule has 148 valence electrons. The molecule has 8 nitrogen and oxygen atoms in total. The molecule has 1 saturated heterocycles. The minimum atomic E-state index is 0.823. The van der Waals surface area contributed by atoms with Gasteiger partial charge in [-0.1, -0.05) is 6.07 Å². The zero-order valence-electron chi connectivity index (χ0n) is 16.5. The van der Waals surface area contributed by atoms with Crippen LogP contribution >= 0.6 is 0 Å². The lowest BCUT2D eigenvalue weighted by Gasteiger charge is -2.34. The molecule has 1 fully saturated rings. The number of hydrogen-bond donors (Lipinski definition) is 1. The highest BCUT2D eigenvalue weighted by Crippen LogP contribution is 2.26. The SMILES string of the molecule is Cc1nnc(NCCN2CCN(c3ncccn3)CC2)c2cc3ccccn3c12. The van der Waals surface area contributed by atoms with Gasteiger partial charge in [0.2, 0.25) is 5.95 Å². The van der Waals surface area contributed by atoms with Crippen molar-refractivity contribution in [3.8, 4) is 0 Å². The van der Waals surface area contributed by atoms with E-state index in [1.807, 2.05) is 19.1 Å². The minimum Gasteiger partial charge on any atom is -0.367 e. The number of piperazine rings is 1. The van der Waals surface area contributed by atoms with Gasteiger partial charge in [-0.3, -0.25) is 4.90 Å². The van der Waals surface area contributed by atoms with Crippen LogP contribution in [0, 0.1) is 6.92 Å². The Hall–Kier alpha value is -3.26. The van der Waals surface area contributed by atoms with Gasteiger partial charge in [-0.15, -0.1) is 5.10 Å². The summed E-state index contributed by atoms with van der Waals surface area (Å²) < 4.78 is 2.18. The van der Waals surface area contributed by atoms with Gasteiger partial charge in [0.1, 0.15) is 0 Å². The predicted octanol–water partition coefficient (Wildman–Crippen LogP) is 2.22. The average molecular weight is 388 g/mol. The van der Waals surface area contributed by atoms with Crippen molar-refractivity contribution >= 4 is 28.2 Å². The van der Waals surface area contributed by atoms with Gasteiger partial charge >= 0.3 is 0 Å². The first-order valence-corrected chi connectivity index (χ1v) is 10.0. The quantitative estimate of drug-likeness (QED) is 0.562. The molecule has 0 amide bonds. The van der Waals surface area contributed by atoms with Crippen molar-refractivity contribution in [1.29, 1.82) is 0 Å². The van der Waals surface area contributed by atoms with Crippen LogP contribution in [-0.4, -0.2) is 68.7 Å². The Bertz CT molecular complexity index is 1120. The number of rotatable bonds is 5. The Morgan fingerprint density at radius 1 is 1.00 bits per heavy atom. The fourth-order valence-electron chi connectivity index (χ4n) is 3.99.